The quantitative estimate of drug-likeness (QED) is 0.866. The van der Waals surface area contributed by atoms with E-state index in [1.165, 1.54) is 13.2 Å². The summed E-state index contributed by atoms with van der Waals surface area (Å²) in [5.74, 6) is -0.00413. The molecule has 0 heterocycles. The Kier molecular flexibility index (Phi) is 4.19. The topological polar surface area (TPSA) is 55.5 Å². The molecule has 0 unspecified atom stereocenters. The smallest absolute Gasteiger partial charge is 0.165 e. The van der Waals surface area contributed by atoms with Gasteiger partial charge in [0.15, 0.2) is 11.6 Å². The highest BCUT2D eigenvalue weighted by Crippen LogP contribution is 2.33. The number of benzene rings is 1. The predicted molar refractivity (Wildman–Crippen MR) is 67.8 cm³/mol. The molecule has 3 nitrogen and oxygen atoms in total. The van der Waals surface area contributed by atoms with Crippen molar-refractivity contribution >= 4 is 0 Å². The number of ether oxygens (including phenoxy) is 1. The Balaban J connectivity index is 2.12. The first kappa shape index (κ1) is 13.3. The van der Waals surface area contributed by atoms with Gasteiger partial charge in [0.25, 0.3) is 0 Å². The second-order valence-corrected chi connectivity index (χ2v) is 4.95. The van der Waals surface area contributed by atoms with Crippen LogP contribution in [-0.2, 0) is 0 Å². The fourth-order valence-electron chi connectivity index (χ4n) is 2.68. The third kappa shape index (κ3) is 2.65. The number of aliphatic hydroxyl groups excluding tert-OH is 1. The first-order valence-electron chi connectivity index (χ1n) is 6.40. The van der Waals surface area contributed by atoms with Gasteiger partial charge in [0.05, 0.1) is 19.3 Å². The maximum absolute atomic E-state index is 13.6. The highest BCUT2D eigenvalue weighted by atomic mass is 19.1. The minimum absolute atomic E-state index is 0.196. The number of nitrogens with two attached hydrogens (primary N) is 1. The van der Waals surface area contributed by atoms with Crippen LogP contribution in [0, 0.1) is 11.7 Å². The van der Waals surface area contributed by atoms with Gasteiger partial charge in [-0.05, 0) is 36.5 Å². The second kappa shape index (κ2) is 5.67. The zero-order valence-corrected chi connectivity index (χ0v) is 10.6. The zero-order chi connectivity index (χ0) is 13.1. The predicted octanol–water partition coefficient (Wildman–Crippen LogP) is 2.39. The molecule has 100 valence electrons. The summed E-state index contributed by atoms with van der Waals surface area (Å²) < 4.78 is 18.5. The summed E-state index contributed by atoms with van der Waals surface area (Å²) >= 11 is 0. The van der Waals surface area contributed by atoms with Crippen molar-refractivity contribution in [2.45, 2.75) is 37.8 Å². The lowest BCUT2D eigenvalue weighted by Crippen LogP contribution is -2.32. The first-order chi connectivity index (χ1) is 8.63. The van der Waals surface area contributed by atoms with Crippen LogP contribution in [0.15, 0.2) is 18.2 Å². The Labute approximate surface area is 107 Å². The Morgan fingerprint density at radius 3 is 2.61 bits per heavy atom. The fourth-order valence-corrected chi connectivity index (χ4v) is 2.68. The van der Waals surface area contributed by atoms with Crippen LogP contribution in [0.2, 0.25) is 0 Å². The van der Waals surface area contributed by atoms with E-state index in [1.807, 2.05) is 0 Å². The Bertz CT molecular complexity index is 405. The van der Waals surface area contributed by atoms with Gasteiger partial charge in [-0.3, -0.25) is 0 Å². The van der Waals surface area contributed by atoms with Crippen LogP contribution in [0.25, 0.3) is 0 Å². The van der Waals surface area contributed by atoms with E-state index >= 15 is 0 Å². The molecule has 3 N–H and O–H groups in total. The van der Waals surface area contributed by atoms with Crippen molar-refractivity contribution in [1.29, 1.82) is 0 Å². The molecule has 2 rings (SSSR count). The van der Waals surface area contributed by atoms with Gasteiger partial charge in [-0.1, -0.05) is 18.9 Å². The highest BCUT2D eigenvalue weighted by molar-refractivity contribution is 5.31. The van der Waals surface area contributed by atoms with Crippen molar-refractivity contribution in [2.75, 3.05) is 7.11 Å². The van der Waals surface area contributed by atoms with Crippen LogP contribution in [0.5, 0.6) is 5.75 Å². The zero-order valence-electron chi connectivity index (χ0n) is 10.6. The SMILES string of the molecule is COc1ccc([C@@H](N)[C@@H](O)C2CCCC2)cc1F. The summed E-state index contributed by atoms with van der Waals surface area (Å²) in [7, 11) is 1.42. The minimum atomic E-state index is -0.597. The van der Waals surface area contributed by atoms with Gasteiger partial charge in [0.2, 0.25) is 0 Å². The molecule has 0 amide bonds. The molecule has 1 aromatic rings. The van der Waals surface area contributed by atoms with Crippen LogP contribution in [-0.4, -0.2) is 18.3 Å². The summed E-state index contributed by atoms with van der Waals surface area (Å²) in [5.41, 5.74) is 6.64. The van der Waals surface area contributed by atoms with Gasteiger partial charge in [0, 0.05) is 0 Å². The van der Waals surface area contributed by atoms with Gasteiger partial charge in [-0.15, -0.1) is 0 Å². The first-order valence-corrected chi connectivity index (χ1v) is 6.40. The molecule has 0 saturated heterocycles. The lowest BCUT2D eigenvalue weighted by Gasteiger charge is -2.24. The molecule has 1 aromatic carbocycles. The molecule has 18 heavy (non-hydrogen) atoms. The largest absolute Gasteiger partial charge is 0.494 e. The average molecular weight is 253 g/mol. The highest BCUT2D eigenvalue weighted by Gasteiger charge is 2.29. The summed E-state index contributed by atoms with van der Waals surface area (Å²) in [5, 5.41) is 10.2. The Hall–Kier alpha value is -1.13. The van der Waals surface area contributed by atoms with Gasteiger partial charge in [-0.2, -0.15) is 0 Å². The molecule has 0 bridgehead atoms. The van der Waals surface area contributed by atoms with E-state index in [9.17, 15) is 9.50 Å². The lowest BCUT2D eigenvalue weighted by atomic mass is 9.91. The van der Waals surface area contributed by atoms with Crippen LogP contribution < -0.4 is 10.5 Å². The summed E-state index contributed by atoms with van der Waals surface area (Å²) in [4.78, 5) is 0. The second-order valence-electron chi connectivity index (χ2n) is 4.95. The molecular formula is C14H20FNO2. The van der Waals surface area contributed by atoms with Crippen LogP contribution >= 0.6 is 0 Å². The summed E-state index contributed by atoms with van der Waals surface area (Å²) in [6.07, 6.45) is 3.71. The maximum atomic E-state index is 13.6. The molecular weight excluding hydrogens is 233 g/mol. The number of halogens is 1. The van der Waals surface area contributed by atoms with Crippen LogP contribution in [0.1, 0.15) is 37.3 Å². The Morgan fingerprint density at radius 2 is 2.06 bits per heavy atom. The standard InChI is InChI=1S/C14H20FNO2/c1-18-12-7-6-10(8-11(12)15)13(16)14(17)9-4-2-3-5-9/h6-9,13-14,17H,2-5,16H2,1H3/t13-,14+/m1/s1. The van der Waals surface area contributed by atoms with Crippen molar-refractivity contribution in [2.24, 2.45) is 11.7 Å². The number of aliphatic hydroxyl groups is 1. The number of hydrogen-bond acceptors (Lipinski definition) is 3. The van der Waals surface area contributed by atoms with Gasteiger partial charge >= 0.3 is 0 Å². The van der Waals surface area contributed by atoms with E-state index in [1.54, 1.807) is 12.1 Å². The van der Waals surface area contributed by atoms with E-state index in [-0.39, 0.29) is 11.7 Å². The minimum Gasteiger partial charge on any atom is -0.494 e. The van der Waals surface area contributed by atoms with Crippen molar-refractivity contribution in [3.63, 3.8) is 0 Å². The van der Waals surface area contributed by atoms with E-state index in [0.29, 0.717) is 5.56 Å². The molecule has 0 radical (unpaired) electrons. The molecule has 2 atom stereocenters. The van der Waals surface area contributed by atoms with E-state index in [4.69, 9.17) is 10.5 Å². The van der Waals surface area contributed by atoms with Gasteiger partial charge in [0.1, 0.15) is 0 Å². The molecule has 4 heteroatoms. The van der Waals surface area contributed by atoms with Gasteiger partial charge in [-0.25, -0.2) is 4.39 Å². The van der Waals surface area contributed by atoms with Crippen molar-refractivity contribution < 1.29 is 14.2 Å². The van der Waals surface area contributed by atoms with E-state index in [2.05, 4.69) is 0 Å². The third-order valence-electron chi connectivity index (χ3n) is 3.81. The monoisotopic (exact) mass is 253 g/mol. The fraction of sp³-hybridized carbons (Fsp3) is 0.571. The molecule has 0 aromatic heterocycles. The molecule has 1 aliphatic carbocycles. The molecule has 0 spiro atoms. The van der Waals surface area contributed by atoms with Crippen molar-refractivity contribution in [1.82, 2.24) is 0 Å². The Morgan fingerprint density at radius 1 is 1.39 bits per heavy atom. The molecule has 1 saturated carbocycles. The summed E-state index contributed by atoms with van der Waals surface area (Å²) in [6.45, 7) is 0. The number of hydrogen-bond donors (Lipinski definition) is 2. The van der Waals surface area contributed by atoms with E-state index in [0.717, 1.165) is 25.7 Å². The lowest BCUT2D eigenvalue weighted by molar-refractivity contribution is 0.0844. The maximum Gasteiger partial charge on any atom is 0.165 e. The van der Waals surface area contributed by atoms with Crippen LogP contribution in [0.3, 0.4) is 0 Å². The molecule has 0 aliphatic heterocycles. The number of methoxy groups -OCH3 is 1. The molecule has 1 fully saturated rings. The average Bonchev–Trinajstić information content (AvgIpc) is 2.90. The normalized spacial score (nSPS) is 19.8. The summed E-state index contributed by atoms with van der Waals surface area (Å²) in [6, 6.07) is 4.08. The van der Waals surface area contributed by atoms with Gasteiger partial charge < -0.3 is 15.6 Å². The van der Waals surface area contributed by atoms with Crippen molar-refractivity contribution in [3.05, 3.63) is 29.6 Å². The number of rotatable bonds is 4. The molecule has 1 aliphatic rings. The van der Waals surface area contributed by atoms with Crippen LogP contribution in [0.4, 0.5) is 4.39 Å². The third-order valence-corrected chi connectivity index (χ3v) is 3.81. The van der Waals surface area contributed by atoms with Crippen molar-refractivity contribution in [3.8, 4) is 5.75 Å². The van der Waals surface area contributed by atoms with E-state index < -0.39 is 18.0 Å².